The second kappa shape index (κ2) is 6.76. The standard InChI is InChI=1S/C18H24N4OS/c1-14-4-2-6-22-12-16(19-17(14)22)18(23)21-8-3-7-20(9-10-21)15-5-11-24-13-15/h2,4,6,12,15H,3,5,7-11,13H2,1H3. The summed E-state index contributed by atoms with van der Waals surface area (Å²) in [6.07, 6.45) is 6.17. The fourth-order valence-corrected chi connectivity index (χ4v) is 4.99. The first kappa shape index (κ1) is 16.0. The second-order valence-corrected chi connectivity index (χ2v) is 7.90. The topological polar surface area (TPSA) is 40.9 Å². The molecule has 0 aromatic carbocycles. The van der Waals surface area contributed by atoms with Gasteiger partial charge in [0.1, 0.15) is 11.3 Å². The first-order valence-electron chi connectivity index (χ1n) is 8.78. The molecule has 1 atom stereocenters. The van der Waals surface area contributed by atoms with Crippen LogP contribution in [0.5, 0.6) is 0 Å². The lowest BCUT2D eigenvalue weighted by Gasteiger charge is -2.26. The average molecular weight is 344 g/mol. The van der Waals surface area contributed by atoms with Crippen LogP contribution in [-0.2, 0) is 0 Å². The number of carbonyl (C=O) groups is 1. The molecule has 0 radical (unpaired) electrons. The first-order valence-corrected chi connectivity index (χ1v) is 9.93. The van der Waals surface area contributed by atoms with Crippen molar-refractivity contribution < 1.29 is 4.79 Å². The molecule has 0 N–H and O–H groups in total. The predicted molar refractivity (Wildman–Crippen MR) is 97.8 cm³/mol. The number of hydrogen-bond acceptors (Lipinski definition) is 4. The van der Waals surface area contributed by atoms with Crippen molar-refractivity contribution in [3.63, 3.8) is 0 Å². The number of hydrogen-bond donors (Lipinski definition) is 0. The highest BCUT2D eigenvalue weighted by Gasteiger charge is 2.27. The van der Waals surface area contributed by atoms with Crippen molar-refractivity contribution in [2.75, 3.05) is 37.7 Å². The van der Waals surface area contributed by atoms with Crippen molar-refractivity contribution >= 4 is 23.3 Å². The smallest absolute Gasteiger partial charge is 0.274 e. The summed E-state index contributed by atoms with van der Waals surface area (Å²) < 4.78 is 1.95. The van der Waals surface area contributed by atoms with Gasteiger partial charge in [0.25, 0.3) is 5.91 Å². The zero-order valence-corrected chi connectivity index (χ0v) is 15.0. The van der Waals surface area contributed by atoms with Gasteiger partial charge in [0.05, 0.1) is 0 Å². The molecule has 2 aliphatic rings. The summed E-state index contributed by atoms with van der Waals surface area (Å²) in [4.78, 5) is 22.0. The molecule has 2 aliphatic heterocycles. The Morgan fingerprint density at radius 3 is 3.00 bits per heavy atom. The van der Waals surface area contributed by atoms with Gasteiger partial charge in [-0.1, -0.05) is 6.07 Å². The molecular formula is C18H24N4OS. The molecule has 128 valence electrons. The van der Waals surface area contributed by atoms with Crippen molar-refractivity contribution in [3.05, 3.63) is 35.8 Å². The van der Waals surface area contributed by atoms with E-state index in [9.17, 15) is 4.79 Å². The number of nitrogens with zero attached hydrogens (tertiary/aromatic N) is 4. The number of rotatable bonds is 2. The minimum Gasteiger partial charge on any atom is -0.336 e. The van der Waals surface area contributed by atoms with Gasteiger partial charge in [0.2, 0.25) is 0 Å². The van der Waals surface area contributed by atoms with Gasteiger partial charge in [-0.15, -0.1) is 0 Å². The van der Waals surface area contributed by atoms with Crippen molar-refractivity contribution in [3.8, 4) is 0 Å². The Morgan fingerprint density at radius 2 is 2.21 bits per heavy atom. The molecule has 2 aromatic rings. The SMILES string of the molecule is Cc1cccn2cc(C(=O)N3CCCN(C4CCSC4)CC3)nc12. The van der Waals surface area contributed by atoms with E-state index in [2.05, 4.69) is 21.6 Å². The number of carbonyl (C=O) groups excluding carboxylic acids is 1. The maximum atomic E-state index is 12.9. The molecule has 1 amide bonds. The van der Waals surface area contributed by atoms with Crippen LogP contribution in [-0.4, -0.2) is 68.8 Å². The lowest BCUT2D eigenvalue weighted by Crippen LogP contribution is -2.39. The van der Waals surface area contributed by atoms with Crippen molar-refractivity contribution in [1.82, 2.24) is 19.2 Å². The molecule has 24 heavy (non-hydrogen) atoms. The molecule has 0 aliphatic carbocycles. The van der Waals surface area contributed by atoms with Crippen LogP contribution in [0.15, 0.2) is 24.5 Å². The highest BCUT2D eigenvalue weighted by atomic mass is 32.2. The molecular weight excluding hydrogens is 320 g/mol. The summed E-state index contributed by atoms with van der Waals surface area (Å²) in [5, 5.41) is 0. The first-order chi connectivity index (χ1) is 11.7. The van der Waals surface area contributed by atoms with Gasteiger partial charge in [0.15, 0.2) is 0 Å². The van der Waals surface area contributed by atoms with E-state index < -0.39 is 0 Å². The molecule has 0 saturated carbocycles. The van der Waals surface area contributed by atoms with E-state index in [1.54, 1.807) is 0 Å². The minimum atomic E-state index is 0.0701. The third-order valence-electron chi connectivity index (χ3n) is 5.14. The van der Waals surface area contributed by atoms with Crippen LogP contribution >= 0.6 is 11.8 Å². The molecule has 0 bridgehead atoms. The summed E-state index contributed by atoms with van der Waals surface area (Å²) in [6.45, 7) is 5.78. The van der Waals surface area contributed by atoms with E-state index in [1.165, 1.54) is 17.9 Å². The summed E-state index contributed by atoms with van der Waals surface area (Å²) in [7, 11) is 0. The summed E-state index contributed by atoms with van der Waals surface area (Å²) in [5.74, 6) is 2.60. The molecule has 4 heterocycles. The predicted octanol–water partition coefficient (Wildman–Crippen LogP) is 2.30. The number of fused-ring (bicyclic) bond motifs is 1. The third kappa shape index (κ3) is 3.05. The Labute approximate surface area is 147 Å². The molecule has 4 rings (SSSR count). The van der Waals surface area contributed by atoms with Crippen LogP contribution in [0.3, 0.4) is 0 Å². The van der Waals surface area contributed by atoms with Gasteiger partial charge in [0, 0.05) is 50.4 Å². The van der Waals surface area contributed by atoms with E-state index in [4.69, 9.17) is 0 Å². The van der Waals surface area contributed by atoms with Gasteiger partial charge < -0.3 is 9.30 Å². The van der Waals surface area contributed by atoms with Crippen LogP contribution in [0.2, 0.25) is 0 Å². The molecule has 5 nitrogen and oxygen atoms in total. The maximum absolute atomic E-state index is 12.9. The number of imidazole rings is 1. The summed E-state index contributed by atoms with van der Waals surface area (Å²) in [6, 6.07) is 4.73. The number of thioether (sulfide) groups is 1. The Balaban J connectivity index is 1.48. The number of aryl methyl sites for hydroxylation is 1. The van der Waals surface area contributed by atoms with Gasteiger partial charge in [-0.3, -0.25) is 9.69 Å². The monoisotopic (exact) mass is 344 g/mol. The van der Waals surface area contributed by atoms with Gasteiger partial charge in [-0.25, -0.2) is 4.98 Å². The van der Waals surface area contributed by atoms with Crippen molar-refractivity contribution in [2.45, 2.75) is 25.8 Å². The second-order valence-electron chi connectivity index (χ2n) is 6.75. The molecule has 2 fully saturated rings. The van der Waals surface area contributed by atoms with E-state index in [-0.39, 0.29) is 5.91 Å². The highest BCUT2D eigenvalue weighted by molar-refractivity contribution is 7.99. The summed E-state index contributed by atoms with van der Waals surface area (Å²) in [5.41, 5.74) is 2.53. The fraction of sp³-hybridized carbons (Fsp3) is 0.556. The zero-order valence-electron chi connectivity index (χ0n) is 14.1. The van der Waals surface area contributed by atoms with E-state index in [0.29, 0.717) is 11.7 Å². The van der Waals surface area contributed by atoms with Gasteiger partial charge >= 0.3 is 0 Å². The van der Waals surface area contributed by atoms with E-state index >= 15 is 0 Å². The molecule has 2 aromatic heterocycles. The maximum Gasteiger partial charge on any atom is 0.274 e. The van der Waals surface area contributed by atoms with Crippen LogP contribution in [0.4, 0.5) is 0 Å². The van der Waals surface area contributed by atoms with E-state index in [1.807, 2.05) is 40.8 Å². The molecule has 2 saturated heterocycles. The minimum absolute atomic E-state index is 0.0701. The number of aromatic nitrogens is 2. The Morgan fingerprint density at radius 1 is 1.29 bits per heavy atom. The van der Waals surface area contributed by atoms with Crippen molar-refractivity contribution in [1.29, 1.82) is 0 Å². The Kier molecular flexibility index (Phi) is 4.50. The Bertz CT molecular complexity index is 738. The van der Waals surface area contributed by atoms with Crippen molar-refractivity contribution in [2.24, 2.45) is 0 Å². The van der Waals surface area contributed by atoms with Crippen LogP contribution in [0.25, 0.3) is 5.65 Å². The largest absolute Gasteiger partial charge is 0.336 e. The zero-order chi connectivity index (χ0) is 16.5. The normalized spacial score (nSPS) is 22.9. The quantitative estimate of drug-likeness (QED) is 0.838. The van der Waals surface area contributed by atoms with E-state index in [0.717, 1.165) is 43.8 Å². The number of amides is 1. The van der Waals surface area contributed by atoms with Crippen LogP contribution < -0.4 is 0 Å². The molecule has 0 spiro atoms. The van der Waals surface area contributed by atoms with Gasteiger partial charge in [-0.05, 0) is 37.1 Å². The molecule has 6 heteroatoms. The highest BCUT2D eigenvalue weighted by Crippen LogP contribution is 2.23. The summed E-state index contributed by atoms with van der Waals surface area (Å²) >= 11 is 2.06. The molecule has 1 unspecified atom stereocenters. The third-order valence-corrected chi connectivity index (χ3v) is 6.28. The average Bonchev–Trinajstić information content (AvgIpc) is 3.20. The van der Waals surface area contributed by atoms with Gasteiger partial charge in [-0.2, -0.15) is 11.8 Å². The number of pyridine rings is 1. The van der Waals surface area contributed by atoms with Crippen LogP contribution in [0.1, 0.15) is 28.9 Å². The lowest BCUT2D eigenvalue weighted by molar-refractivity contribution is 0.0754. The Hall–Kier alpha value is -1.53. The lowest BCUT2D eigenvalue weighted by atomic mass is 10.2. The van der Waals surface area contributed by atoms with Crippen LogP contribution in [0, 0.1) is 6.92 Å². The fourth-order valence-electron chi connectivity index (χ4n) is 3.73.